The van der Waals surface area contributed by atoms with Crippen LogP contribution in [0.3, 0.4) is 0 Å². The molecule has 1 amide bonds. The summed E-state index contributed by atoms with van der Waals surface area (Å²) in [4.78, 5) is 16.3. The molecule has 0 heterocycles. The molecule has 7 heteroatoms. The summed E-state index contributed by atoms with van der Waals surface area (Å²) >= 11 is 0. The first-order valence-corrected chi connectivity index (χ1v) is 8.48. The smallest absolute Gasteiger partial charge is 0.378 e. The van der Waals surface area contributed by atoms with Crippen LogP contribution >= 0.6 is 0 Å². The number of hydrogen-bond acceptors (Lipinski definition) is 3. The van der Waals surface area contributed by atoms with E-state index in [-0.39, 0.29) is 11.6 Å². The molecule has 0 aliphatic rings. The zero-order valence-electron chi connectivity index (χ0n) is 15.8. The van der Waals surface area contributed by atoms with Gasteiger partial charge in [0.15, 0.2) is 0 Å². The van der Waals surface area contributed by atoms with E-state index >= 15 is 0 Å². The molecule has 146 valence electrons. The van der Waals surface area contributed by atoms with E-state index in [0.717, 1.165) is 23.4 Å². The Bertz CT molecular complexity index is 754. The lowest BCUT2D eigenvalue weighted by atomic mass is 10.0. The average molecular weight is 379 g/mol. The maximum absolute atomic E-state index is 12.6. The number of likely N-dealkylation sites (N-methyl/N-ethyl adjacent to an activating group) is 1. The first-order chi connectivity index (χ1) is 12.6. The number of rotatable bonds is 6. The molecule has 0 saturated heterocycles. The number of carbonyl (C=O) groups excluding carboxylic acids is 1. The van der Waals surface area contributed by atoms with E-state index in [9.17, 15) is 18.0 Å². The highest BCUT2D eigenvalue weighted by atomic mass is 19.4. The third kappa shape index (κ3) is 5.47. The van der Waals surface area contributed by atoms with Gasteiger partial charge in [-0.2, -0.15) is 13.2 Å². The molecule has 1 N–H and O–H groups in total. The molecule has 2 aromatic rings. The lowest BCUT2D eigenvalue weighted by Gasteiger charge is -2.26. The maximum atomic E-state index is 12.6. The number of amides is 1. The third-order valence-corrected chi connectivity index (χ3v) is 4.35. The second-order valence-corrected chi connectivity index (χ2v) is 6.75. The Morgan fingerprint density at radius 1 is 0.963 bits per heavy atom. The Hall–Kier alpha value is -2.54. The normalized spacial score (nSPS) is 12.7. The topological polar surface area (TPSA) is 35.6 Å². The van der Waals surface area contributed by atoms with Crippen molar-refractivity contribution in [2.75, 3.05) is 39.6 Å². The highest BCUT2D eigenvalue weighted by Gasteiger charge is 2.30. The minimum absolute atomic E-state index is 0.0559. The zero-order chi connectivity index (χ0) is 20.2. The lowest BCUT2D eigenvalue weighted by molar-refractivity contribution is -0.137. The summed E-state index contributed by atoms with van der Waals surface area (Å²) in [5.41, 5.74) is 1.54. The standard InChI is InChI=1S/C20H24F3N3O/c1-25(2)17-11-7-14(8-12-17)18(26(3)4)13-24-19(27)15-5-9-16(10-6-15)20(21,22)23/h5-12,18H,13H2,1-4H3,(H,24,27). The van der Waals surface area contributed by atoms with Gasteiger partial charge in [0.2, 0.25) is 0 Å². The van der Waals surface area contributed by atoms with Gasteiger partial charge in [-0.05, 0) is 56.1 Å². The highest BCUT2D eigenvalue weighted by molar-refractivity contribution is 5.94. The fourth-order valence-corrected chi connectivity index (χ4v) is 2.70. The Morgan fingerprint density at radius 3 is 1.96 bits per heavy atom. The van der Waals surface area contributed by atoms with Gasteiger partial charge in [-0.25, -0.2) is 0 Å². The van der Waals surface area contributed by atoms with Gasteiger partial charge in [0.1, 0.15) is 0 Å². The van der Waals surface area contributed by atoms with E-state index in [4.69, 9.17) is 0 Å². The molecule has 2 aromatic carbocycles. The van der Waals surface area contributed by atoms with Gasteiger partial charge in [0.25, 0.3) is 5.91 Å². The number of nitrogens with zero attached hydrogens (tertiary/aromatic N) is 2. The monoisotopic (exact) mass is 379 g/mol. The number of anilines is 1. The first-order valence-electron chi connectivity index (χ1n) is 8.48. The Morgan fingerprint density at radius 2 is 1.52 bits per heavy atom. The van der Waals surface area contributed by atoms with E-state index in [0.29, 0.717) is 6.54 Å². The summed E-state index contributed by atoms with van der Waals surface area (Å²) < 4.78 is 37.9. The number of benzene rings is 2. The van der Waals surface area contributed by atoms with Gasteiger partial charge in [0, 0.05) is 31.9 Å². The van der Waals surface area contributed by atoms with E-state index < -0.39 is 17.6 Å². The highest BCUT2D eigenvalue weighted by Crippen LogP contribution is 2.29. The van der Waals surface area contributed by atoms with Gasteiger partial charge >= 0.3 is 6.18 Å². The second kappa shape index (κ2) is 8.43. The first kappa shape index (κ1) is 20.8. The molecular weight excluding hydrogens is 355 g/mol. The largest absolute Gasteiger partial charge is 0.416 e. The van der Waals surface area contributed by atoms with Crippen LogP contribution in [-0.2, 0) is 6.18 Å². The van der Waals surface area contributed by atoms with Crippen molar-refractivity contribution in [1.82, 2.24) is 10.2 Å². The van der Waals surface area contributed by atoms with Crippen LogP contribution in [0, 0.1) is 0 Å². The zero-order valence-corrected chi connectivity index (χ0v) is 15.8. The summed E-state index contributed by atoms with van der Waals surface area (Å²) in [7, 11) is 7.75. The van der Waals surface area contributed by atoms with Crippen molar-refractivity contribution in [3.8, 4) is 0 Å². The minimum Gasteiger partial charge on any atom is -0.378 e. The van der Waals surface area contributed by atoms with Crippen molar-refractivity contribution in [2.45, 2.75) is 12.2 Å². The number of hydrogen-bond donors (Lipinski definition) is 1. The summed E-state index contributed by atoms with van der Waals surface area (Å²) in [5, 5.41) is 2.80. The van der Waals surface area contributed by atoms with Crippen molar-refractivity contribution >= 4 is 11.6 Å². The van der Waals surface area contributed by atoms with Crippen molar-refractivity contribution in [1.29, 1.82) is 0 Å². The van der Waals surface area contributed by atoms with Gasteiger partial charge < -0.3 is 15.1 Å². The molecule has 0 spiro atoms. The fraction of sp³-hybridized carbons (Fsp3) is 0.350. The summed E-state index contributed by atoms with van der Waals surface area (Å²) in [5.74, 6) is -0.402. The van der Waals surface area contributed by atoms with Crippen LogP contribution in [0.5, 0.6) is 0 Å². The van der Waals surface area contributed by atoms with E-state index in [1.54, 1.807) is 0 Å². The van der Waals surface area contributed by atoms with Crippen LogP contribution < -0.4 is 10.2 Å². The third-order valence-electron chi connectivity index (χ3n) is 4.35. The molecule has 0 saturated carbocycles. The molecule has 0 aliphatic carbocycles. The lowest BCUT2D eigenvalue weighted by Crippen LogP contribution is -2.34. The Kier molecular flexibility index (Phi) is 6.49. The van der Waals surface area contributed by atoms with Crippen molar-refractivity contribution in [3.05, 3.63) is 65.2 Å². The SMILES string of the molecule is CN(C)c1ccc(C(CNC(=O)c2ccc(C(F)(F)F)cc2)N(C)C)cc1. The number of carbonyl (C=O) groups is 1. The quantitative estimate of drug-likeness (QED) is 0.829. The fourth-order valence-electron chi connectivity index (χ4n) is 2.70. The molecule has 0 aromatic heterocycles. The number of halogens is 3. The molecule has 4 nitrogen and oxygen atoms in total. The van der Waals surface area contributed by atoms with Gasteiger partial charge in [-0.1, -0.05) is 12.1 Å². The molecule has 27 heavy (non-hydrogen) atoms. The predicted molar refractivity (Wildman–Crippen MR) is 101 cm³/mol. The second-order valence-electron chi connectivity index (χ2n) is 6.75. The minimum atomic E-state index is -4.41. The average Bonchev–Trinajstić information content (AvgIpc) is 2.61. The molecular formula is C20H24F3N3O. The van der Waals surface area contributed by atoms with Crippen LogP contribution in [0.25, 0.3) is 0 Å². The van der Waals surface area contributed by atoms with E-state index in [1.807, 2.05) is 62.3 Å². The van der Waals surface area contributed by atoms with Gasteiger partial charge in [-0.15, -0.1) is 0 Å². The van der Waals surface area contributed by atoms with Gasteiger partial charge in [0.05, 0.1) is 11.6 Å². The van der Waals surface area contributed by atoms with Crippen LogP contribution in [-0.4, -0.2) is 45.5 Å². The molecule has 0 fully saturated rings. The molecule has 2 rings (SSSR count). The van der Waals surface area contributed by atoms with Crippen LogP contribution in [0.1, 0.15) is 27.5 Å². The van der Waals surface area contributed by atoms with Crippen LogP contribution in [0.15, 0.2) is 48.5 Å². The Balaban J connectivity index is 2.06. The molecule has 1 atom stereocenters. The molecule has 0 radical (unpaired) electrons. The predicted octanol–water partition coefficient (Wildman–Crippen LogP) is 3.80. The van der Waals surface area contributed by atoms with Crippen molar-refractivity contribution < 1.29 is 18.0 Å². The van der Waals surface area contributed by atoms with Crippen molar-refractivity contribution in [2.24, 2.45) is 0 Å². The maximum Gasteiger partial charge on any atom is 0.416 e. The van der Waals surface area contributed by atoms with E-state index in [2.05, 4.69) is 5.32 Å². The number of nitrogens with one attached hydrogen (secondary N) is 1. The summed E-state index contributed by atoms with van der Waals surface area (Å²) in [6, 6.07) is 12.2. The van der Waals surface area contributed by atoms with Crippen molar-refractivity contribution in [3.63, 3.8) is 0 Å². The van der Waals surface area contributed by atoms with Crippen LogP contribution in [0.4, 0.5) is 18.9 Å². The molecule has 1 unspecified atom stereocenters. The molecule has 0 aliphatic heterocycles. The summed E-state index contributed by atoms with van der Waals surface area (Å²) in [6.45, 7) is 0.341. The summed E-state index contributed by atoms with van der Waals surface area (Å²) in [6.07, 6.45) is -4.41. The number of alkyl halides is 3. The Labute approximate surface area is 157 Å². The van der Waals surface area contributed by atoms with Gasteiger partial charge in [-0.3, -0.25) is 4.79 Å². The molecule has 0 bridgehead atoms. The van der Waals surface area contributed by atoms with E-state index in [1.165, 1.54) is 12.1 Å². The van der Waals surface area contributed by atoms with Crippen LogP contribution in [0.2, 0.25) is 0 Å².